The van der Waals surface area contributed by atoms with Gasteiger partial charge in [0.05, 0.1) is 19.2 Å². The van der Waals surface area contributed by atoms with Crippen LogP contribution in [0.4, 0.5) is 5.82 Å². The van der Waals surface area contributed by atoms with Gasteiger partial charge in [0, 0.05) is 42.4 Å². The van der Waals surface area contributed by atoms with Crippen LogP contribution in [0.3, 0.4) is 0 Å². The zero-order valence-corrected chi connectivity index (χ0v) is 19.6. The first-order valence-electron chi connectivity index (χ1n) is 12.0. The fourth-order valence-corrected chi connectivity index (χ4v) is 4.72. The molecule has 1 aliphatic heterocycles. The lowest BCUT2D eigenvalue weighted by molar-refractivity contribution is 0.289. The van der Waals surface area contributed by atoms with E-state index in [0.29, 0.717) is 18.3 Å². The van der Waals surface area contributed by atoms with Gasteiger partial charge in [0.25, 0.3) is 0 Å². The van der Waals surface area contributed by atoms with Crippen molar-refractivity contribution in [1.29, 1.82) is 0 Å². The molecule has 0 aliphatic carbocycles. The summed E-state index contributed by atoms with van der Waals surface area (Å²) in [4.78, 5) is 16.0. The van der Waals surface area contributed by atoms with Crippen molar-refractivity contribution >= 4 is 16.7 Å². The molecular weight excluding hydrogens is 424 g/mol. The van der Waals surface area contributed by atoms with Crippen LogP contribution in [-0.4, -0.2) is 41.8 Å². The lowest BCUT2D eigenvalue weighted by Gasteiger charge is -2.34. The highest BCUT2D eigenvalue weighted by molar-refractivity contribution is 5.92. The number of hydrogen-bond acceptors (Lipinski definition) is 6. The summed E-state index contributed by atoms with van der Waals surface area (Å²) in [6, 6.07) is 20.8. The predicted molar refractivity (Wildman–Crippen MR) is 135 cm³/mol. The van der Waals surface area contributed by atoms with Crippen molar-refractivity contribution in [3.63, 3.8) is 0 Å². The number of pyridine rings is 1. The van der Waals surface area contributed by atoms with Gasteiger partial charge in [-0.25, -0.2) is 9.97 Å². The monoisotopic (exact) mass is 454 g/mol. The third-order valence-electron chi connectivity index (χ3n) is 6.45. The van der Waals surface area contributed by atoms with E-state index in [1.165, 1.54) is 12.0 Å². The molecule has 1 saturated heterocycles. The van der Waals surface area contributed by atoms with E-state index < -0.39 is 0 Å². The van der Waals surface area contributed by atoms with Crippen molar-refractivity contribution in [1.82, 2.24) is 15.0 Å². The molecule has 0 spiro atoms. The molecule has 5 rings (SSSR count). The van der Waals surface area contributed by atoms with E-state index in [-0.39, 0.29) is 0 Å². The molecule has 4 aromatic rings. The summed E-state index contributed by atoms with van der Waals surface area (Å²) in [6.07, 6.45) is 7.56. The normalized spacial score (nSPS) is 15.9. The molecule has 1 unspecified atom stereocenters. The summed E-state index contributed by atoms with van der Waals surface area (Å²) in [5.41, 5.74) is 3.33. The number of rotatable bonds is 8. The Bertz CT molecular complexity index is 1220. The number of aromatic nitrogens is 3. The third kappa shape index (κ3) is 4.96. The first-order chi connectivity index (χ1) is 16.8. The van der Waals surface area contributed by atoms with Crippen LogP contribution in [0.1, 0.15) is 36.4 Å². The zero-order chi connectivity index (χ0) is 23.2. The van der Waals surface area contributed by atoms with Crippen molar-refractivity contribution in [2.45, 2.75) is 31.6 Å². The minimum atomic E-state index is 0.500. The molecule has 0 saturated carbocycles. The Labute approximate surface area is 200 Å². The third-order valence-corrected chi connectivity index (χ3v) is 6.45. The Morgan fingerprint density at radius 2 is 1.85 bits per heavy atom. The van der Waals surface area contributed by atoms with Gasteiger partial charge < -0.3 is 14.4 Å². The average molecular weight is 455 g/mol. The van der Waals surface area contributed by atoms with Crippen molar-refractivity contribution in [3.05, 3.63) is 84.4 Å². The number of fused-ring (bicyclic) bond motifs is 1. The number of hydrogen-bond donors (Lipinski definition) is 0. The van der Waals surface area contributed by atoms with Crippen LogP contribution in [0.5, 0.6) is 11.5 Å². The second-order valence-corrected chi connectivity index (χ2v) is 8.69. The summed E-state index contributed by atoms with van der Waals surface area (Å²) in [5, 5.41) is 0.997. The Kier molecular flexibility index (Phi) is 6.84. The number of nitrogens with zero attached hydrogens (tertiary/aromatic N) is 4. The molecule has 1 fully saturated rings. The summed E-state index contributed by atoms with van der Waals surface area (Å²) in [5.74, 6) is 2.88. The van der Waals surface area contributed by atoms with E-state index in [1.807, 2.05) is 36.5 Å². The first kappa shape index (κ1) is 22.1. The SMILES string of the molecule is COc1cc2ncnc(N3CCCC(c4ccccc4)C3)c2cc1OCCCc1ccccn1. The summed E-state index contributed by atoms with van der Waals surface area (Å²) in [7, 11) is 1.67. The quantitative estimate of drug-likeness (QED) is 0.331. The highest BCUT2D eigenvalue weighted by atomic mass is 16.5. The lowest BCUT2D eigenvalue weighted by Crippen LogP contribution is -2.35. The number of aryl methyl sites for hydroxylation is 1. The van der Waals surface area contributed by atoms with Gasteiger partial charge in [-0.05, 0) is 49.4 Å². The van der Waals surface area contributed by atoms with Gasteiger partial charge in [0.2, 0.25) is 0 Å². The zero-order valence-electron chi connectivity index (χ0n) is 19.6. The van der Waals surface area contributed by atoms with Crippen molar-refractivity contribution in [3.8, 4) is 11.5 Å². The fraction of sp³-hybridized carbons (Fsp3) is 0.321. The number of anilines is 1. The van der Waals surface area contributed by atoms with Gasteiger partial charge in [-0.2, -0.15) is 0 Å². The molecule has 0 bridgehead atoms. The topological polar surface area (TPSA) is 60.4 Å². The van der Waals surface area contributed by atoms with Gasteiger partial charge in [-0.3, -0.25) is 4.98 Å². The molecule has 0 N–H and O–H groups in total. The van der Waals surface area contributed by atoms with E-state index in [9.17, 15) is 0 Å². The summed E-state index contributed by atoms with van der Waals surface area (Å²) < 4.78 is 11.8. The molecule has 2 aromatic heterocycles. The van der Waals surface area contributed by atoms with Gasteiger partial charge >= 0.3 is 0 Å². The van der Waals surface area contributed by atoms with Crippen molar-refractivity contribution in [2.24, 2.45) is 0 Å². The smallest absolute Gasteiger partial charge is 0.162 e. The maximum Gasteiger partial charge on any atom is 0.162 e. The van der Waals surface area contributed by atoms with E-state index >= 15 is 0 Å². The predicted octanol–water partition coefficient (Wildman–Crippen LogP) is 5.43. The Morgan fingerprint density at radius 1 is 0.971 bits per heavy atom. The number of ether oxygens (including phenoxy) is 2. The Morgan fingerprint density at radius 3 is 2.68 bits per heavy atom. The molecular formula is C28H30N4O2. The largest absolute Gasteiger partial charge is 0.493 e. The van der Waals surface area contributed by atoms with Crippen LogP contribution in [-0.2, 0) is 6.42 Å². The van der Waals surface area contributed by atoms with Crippen LogP contribution in [0.2, 0.25) is 0 Å². The van der Waals surface area contributed by atoms with Crippen LogP contribution < -0.4 is 14.4 Å². The van der Waals surface area contributed by atoms with Crippen molar-refractivity contribution < 1.29 is 9.47 Å². The highest BCUT2D eigenvalue weighted by Gasteiger charge is 2.24. The Hall–Kier alpha value is -3.67. The van der Waals surface area contributed by atoms with E-state index in [2.05, 4.69) is 45.2 Å². The van der Waals surface area contributed by atoms with Gasteiger partial charge in [-0.1, -0.05) is 36.4 Å². The molecule has 2 aromatic carbocycles. The second-order valence-electron chi connectivity index (χ2n) is 8.69. The van der Waals surface area contributed by atoms with E-state index in [4.69, 9.17) is 14.5 Å². The van der Waals surface area contributed by atoms with Gasteiger partial charge in [0.1, 0.15) is 12.1 Å². The second kappa shape index (κ2) is 10.5. The average Bonchev–Trinajstić information content (AvgIpc) is 2.91. The summed E-state index contributed by atoms with van der Waals surface area (Å²) >= 11 is 0. The maximum atomic E-state index is 6.16. The van der Waals surface area contributed by atoms with Crippen molar-refractivity contribution in [2.75, 3.05) is 31.7 Å². The van der Waals surface area contributed by atoms with Crippen LogP contribution in [0.15, 0.2) is 73.2 Å². The Balaban J connectivity index is 1.36. The van der Waals surface area contributed by atoms with Gasteiger partial charge in [-0.15, -0.1) is 0 Å². The molecule has 1 aliphatic rings. The molecule has 0 radical (unpaired) electrons. The number of piperidine rings is 1. The standard InChI is InChI=1S/C28H30N4O2/c1-33-26-18-25-24(17-27(26)34-16-8-13-23-12-5-6-14-29-23)28(31-20-30-25)32-15-7-11-22(19-32)21-9-3-2-4-10-21/h2-6,9-10,12,14,17-18,20,22H,7-8,11,13,15-16,19H2,1H3. The molecule has 3 heterocycles. The lowest BCUT2D eigenvalue weighted by atomic mass is 9.90. The molecule has 1 atom stereocenters. The number of methoxy groups -OCH3 is 1. The molecule has 34 heavy (non-hydrogen) atoms. The fourth-order valence-electron chi connectivity index (χ4n) is 4.72. The first-order valence-corrected chi connectivity index (χ1v) is 12.0. The minimum Gasteiger partial charge on any atom is -0.493 e. The molecule has 6 heteroatoms. The van der Waals surface area contributed by atoms with E-state index in [0.717, 1.165) is 60.5 Å². The molecule has 0 amide bonds. The summed E-state index contributed by atoms with van der Waals surface area (Å²) in [6.45, 7) is 2.52. The van der Waals surface area contributed by atoms with Crippen LogP contribution in [0, 0.1) is 0 Å². The van der Waals surface area contributed by atoms with Crippen LogP contribution >= 0.6 is 0 Å². The van der Waals surface area contributed by atoms with Crippen LogP contribution in [0.25, 0.3) is 10.9 Å². The van der Waals surface area contributed by atoms with Gasteiger partial charge in [0.15, 0.2) is 11.5 Å². The highest BCUT2D eigenvalue weighted by Crippen LogP contribution is 2.37. The molecule has 174 valence electrons. The number of benzene rings is 2. The maximum absolute atomic E-state index is 6.16. The molecule has 6 nitrogen and oxygen atoms in total. The van der Waals surface area contributed by atoms with E-state index in [1.54, 1.807) is 13.4 Å². The minimum absolute atomic E-state index is 0.500.